The van der Waals surface area contributed by atoms with Gasteiger partial charge in [0.05, 0.1) is 21.7 Å². The number of benzene rings is 3. The summed E-state index contributed by atoms with van der Waals surface area (Å²) < 4.78 is 39.3. The summed E-state index contributed by atoms with van der Waals surface area (Å²) in [5.41, 5.74) is -0.251. The lowest BCUT2D eigenvalue weighted by Crippen LogP contribution is -2.05. The van der Waals surface area contributed by atoms with E-state index in [0.29, 0.717) is 27.1 Å². The third kappa shape index (κ3) is 2.99. The number of halogens is 6. The van der Waals surface area contributed by atoms with E-state index in [0.717, 1.165) is 12.1 Å². The first-order chi connectivity index (χ1) is 11.2. The van der Waals surface area contributed by atoms with Gasteiger partial charge in [-0.05, 0) is 46.0 Å². The normalized spacial score (nSPS) is 13.6. The molecule has 3 rings (SSSR count). The second-order valence-electron chi connectivity index (χ2n) is 5.35. The molecule has 0 bridgehead atoms. The number of hydrogen-bond donors (Lipinski definition) is 1. The molecule has 0 heterocycles. The van der Waals surface area contributed by atoms with E-state index in [9.17, 15) is 18.3 Å². The molecule has 3 aromatic rings. The summed E-state index contributed by atoms with van der Waals surface area (Å²) in [6, 6.07) is 8.38. The molecule has 0 fully saturated rings. The minimum atomic E-state index is -4.48. The zero-order valence-electron chi connectivity index (χ0n) is 12.0. The molecular formula is C17H10BrCl2F3O. The van der Waals surface area contributed by atoms with Crippen molar-refractivity contribution in [1.82, 2.24) is 0 Å². The van der Waals surface area contributed by atoms with Crippen LogP contribution in [0.15, 0.2) is 36.4 Å². The van der Waals surface area contributed by atoms with Crippen LogP contribution in [-0.4, -0.2) is 10.4 Å². The van der Waals surface area contributed by atoms with Gasteiger partial charge in [0.2, 0.25) is 0 Å². The number of hydrogen-bond acceptors (Lipinski definition) is 1. The molecule has 0 spiro atoms. The molecule has 0 saturated heterocycles. The molecule has 0 aliphatic rings. The minimum Gasteiger partial charge on any atom is -0.388 e. The highest BCUT2D eigenvalue weighted by Crippen LogP contribution is 2.41. The number of fused-ring (bicyclic) bond motifs is 3. The fraction of sp³-hybridized carbons (Fsp3) is 0.176. The largest absolute Gasteiger partial charge is 0.416 e. The Morgan fingerprint density at radius 1 is 1.04 bits per heavy atom. The first-order valence-corrected chi connectivity index (χ1v) is 8.77. The van der Waals surface area contributed by atoms with Gasteiger partial charge in [-0.1, -0.05) is 51.3 Å². The highest BCUT2D eigenvalue weighted by molar-refractivity contribution is 9.09. The lowest BCUT2D eigenvalue weighted by molar-refractivity contribution is -0.137. The SMILES string of the molecule is O[C@@H](CBr)c1cc2ccc(Cl)c(Cl)c2c2cc(C(F)(F)F)ccc12. The predicted molar refractivity (Wildman–Crippen MR) is 95.2 cm³/mol. The summed E-state index contributed by atoms with van der Waals surface area (Å²) in [6.07, 6.45) is -5.33. The maximum absolute atomic E-state index is 13.1. The quantitative estimate of drug-likeness (QED) is 0.347. The van der Waals surface area contributed by atoms with Crippen molar-refractivity contribution in [3.8, 4) is 0 Å². The van der Waals surface area contributed by atoms with Crippen LogP contribution in [-0.2, 0) is 6.18 Å². The van der Waals surface area contributed by atoms with Gasteiger partial charge in [-0.2, -0.15) is 13.2 Å². The zero-order valence-corrected chi connectivity index (χ0v) is 15.1. The fourth-order valence-electron chi connectivity index (χ4n) is 2.74. The van der Waals surface area contributed by atoms with Crippen molar-refractivity contribution >= 4 is 60.7 Å². The first-order valence-electron chi connectivity index (χ1n) is 6.89. The van der Waals surface area contributed by atoms with Gasteiger partial charge in [0.25, 0.3) is 0 Å². The van der Waals surface area contributed by atoms with Crippen LogP contribution in [0, 0.1) is 0 Å². The Bertz CT molecular complexity index is 941. The minimum absolute atomic E-state index is 0.193. The van der Waals surface area contributed by atoms with E-state index in [-0.39, 0.29) is 15.4 Å². The van der Waals surface area contributed by atoms with Crippen LogP contribution in [0.1, 0.15) is 17.2 Å². The van der Waals surface area contributed by atoms with E-state index in [1.165, 1.54) is 6.07 Å². The van der Waals surface area contributed by atoms with Crippen molar-refractivity contribution in [3.63, 3.8) is 0 Å². The van der Waals surface area contributed by atoms with Crippen molar-refractivity contribution in [2.75, 3.05) is 5.33 Å². The van der Waals surface area contributed by atoms with Gasteiger partial charge >= 0.3 is 6.18 Å². The van der Waals surface area contributed by atoms with Crippen LogP contribution in [0.4, 0.5) is 13.2 Å². The maximum atomic E-state index is 13.1. The third-order valence-electron chi connectivity index (χ3n) is 3.87. The Kier molecular flexibility index (Phi) is 4.73. The molecule has 0 aliphatic heterocycles. The summed E-state index contributed by atoms with van der Waals surface area (Å²) in [5, 5.41) is 12.8. The van der Waals surface area contributed by atoms with Crippen molar-refractivity contribution in [1.29, 1.82) is 0 Å². The molecule has 3 aromatic carbocycles. The van der Waals surface area contributed by atoms with Crippen LogP contribution in [0.25, 0.3) is 21.5 Å². The molecular weight excluding hydrogens is 428 g/mol. The second-order valence-corrected chi connectivity index (χ2v) is 6.79. The summed E-state index contributed by atoms with van der Waals surface area (Å²) in [5.74, 6) is 0. The maximum Gasteiger partial charge on any atom is 0.416 e. The first kappa shape index (κ1) is 17.8. The number of alkyl halides is 4. The van der Waals surface area contributed by atoms with Gasteiger partial charge in [-0.15, -0.1) is 0 Å². The van der Waals surface area contributed by atoms with Crippen LogP contribution in [0.5, 0.6) is 0 Å². The number of rotatable bonds is 2. The van der Waals surface area contributed by atoms with Crippen LogP contribution < -0.4 is 0 Å². The van der Waals surface area contributed by atoms with Gasteiger partial charge in [0.15, 0.2) is 0 Å². The van der Waals surface area contributed by atoms with E-state index >= 15 is 0 Å². The molecule has 1 N–H and O–H groups in total. The predicted octanol–water partition coefficient (Wildman–Crippen LogP) is 6.75. The summed E-state index contributed by atoms with van der Waals surface area (Å²) in [4.78, 5) is 0. The summed E-state index contributed by atoms with van der Waals surface area (Å²) in [6.45, 7) is 0. The topological polar surface area (TPSA) is 20.2 Å². The molecule has 0 unspecified atom stereocenters. The molecule has 126 valence electrons. The fourth-order valence-corrected chi connectivity index (χ4v) is 3.52. The van der Waals surface area contributed by atoms with Gasteiger partial charge in [-0.25, -0.2) is 0 Å². The molecule has 0 amide bonds. The van der Waals surface area contributed by atoms with Gasteiger partial charge in [0, 0.05) is 10.7 Å². The van der Waals surface area contributed by atoms with Crippen LogP contribution in [0.2, 0.25) is 10.0 Å². The van der Waals surface area contributed by atoms with Crippen molar-refractivity contribution < 1.29 is 18.3 Å². The van der Waals surface area contributed by atoms with E-state index in [4.69, 9.17) is 23.2 Å². The molecule has 0 aromatic heterocycles. The van der Waals surface area contributed by atoms with Crippen molar-refractivity contribution in [3.05, 3.63) is 57.6 Å². The Morgan fingerprint density at radius 3 is 2.38 bits per heavy atom. The third-order valence-corrected chi connectivity index (χ3v) is 5.29. The van der Waals surface area contributed by atoms with Gasteiger partial charge in [0.1, 0.15) is 0 Å². The highest BCUT2D eigenvalue weighted by Gasteiger charge is 2.31. The van der Waals surface area contributed by atoms with Gasteiger partial charge in [-0.3, -0.25) is 0 Å². The van der Waals surface area contributed by atoms with E-state index in [1.54, 1.807) is 18.2 Å². The smallest absolute Gasteiger partial charge is 0.388 e. The van der Waals surface area contributed by atoms with Crippen LogP contribution >= 0.6 is 39.1 Å². The average Bonchev–Trinajstić information content (AvgIpc) is 2.55. The monoisotopic (exact) mass is 436 g/mol. The highest BCUT2D eigenvalue weighted by atomic mass is 79.9. The molecule has 0 aliphatic carbocycles. The Morgan fingerprint density at radius 2 is 1.75 bits per heavy atom. The van der Waals surface area contributed by atoms with E-state index < -0.39 is 17.8 Å². The second kappa shape index (κ2) is 6.37. The lowest BCUT2D eigenvalue weighted by atomic mass is 9.93. The summed E-state index contributed by atoms with van der Waals surface area (Å²) >= 11 is 15.5. The molecule has 0 radical (unpaired) electrons. The average molecular weight is 438 g/mol. The number of aliphatic hydroxyl groups excluding tert-OH is 1. The Labute approximate surface area is 154 Å². The Hall–Kier alpha value is -1.01. The Balaban J connectivity index is 2.51. The number of aliphatic hydroxyl groups is 1. The molecule has 7 heteroatoms. The van der Waals surface area contributed by atoms with Crippen molar-refractivity contribution in [2.24, 2.45) is 0 Å². The van der Waals surface area contributed by atoms with E-state index in [1.807, 2.05) is 0 Å². The molecule has 1 atom stereocenters. The lowest BCUT2D eigenvalue weighted by Gasteiger charge is -2.17. The standard InChI is InChI=1S/C17H10BrCl2F3O/c18-7-14(24)11-5-8-1-4-13(19)16(20)15(8)12-6-9(17(21,22)23)2-3-10(11)12/h1-6,14,24H,7H2/t14-/m0/s1. The summed E-state index contributed by atoms with van der Waals surface area (Å²) in [7, 11) is 0. The van der Waals surface area contributed by atoms with E-state index in [2.05, 4.69) is 15.9 Å². The molecule has 0 saturated carbocycles. The van der Waals surface area contributed by atoms with Crippen molar-refractivity contribution in [2.45, 2.75) is 12.3 Å². The molecule has 1 nitrogen and oxygen atoms in total. The van der Waals surface area contributed by atoms with Gasteiger partial charge < -0.3 is 5.11 Å². The zero-order chi connectivity index (χ0) is 17.6. The molecule has 24 heavy (non-hydrogen) atoms. The van der Waals surface area contributed by atoms with Crippen LogP contribution in [0.3, 0.4) is 0 Å².